The molecule has 21 heavy (non-hydrogen) atoms. The van der Waals surface area contributed by atoms with Crippen LogP contribution in [0, 0.1) is 0 Å². The van der Waals surface area contributed by atoms with Gasteiger partial charge >= 0.3 is 18.0 Å². The summed E-state index contributed by atoms with van der Waals surface area (Å²) in [6.07, 6.45) is 0.347. The summed E-state index contributed by atoms with van der Waals surface area (Å²) in [5.74, 6) is -1.61. The highest BCUT2D eigenvalue weighted by Gasteiger charge is 2.44. The fourth-order valence-corrected chi connectivity index (χ4v) is 2.90. The first-order valence-corrected chi connectivity index (χ1v) is 7.10. The second-order valence-corrected chi connectivity index (χ2v) is 5.28. The fraction of sp³-hybridized carbons (Fsp3) is 0.769. The monoisotopic (exact) mass is 300 g/mol. The number of carboxylic acid groups (broad SMARTS) is 1. The molecule has 2 aliphatic heterocycles. The van der Waals surface area contributed by atoms with Gasteiger partial charge in [0.25, 0.3) is 0 Å². The van der Waals surface area contributed by atoms with Crippen LogP contribution in [0.3, 0.4) is 0 Å². The molecule has 0 saturated carbocycles. The highest BCUT2D eigenvalue weighted by molar-refractivity contribution is 5.87. The maximum atomic E-state index is 12.5. The minimum Gasteiger partial charge on any atom is -0.480 e. The summed E-state index contributed by atoms with van der Waals surface area (Å²) >= 11 is 0. The zero-order valence-corrected chi connectivity index (χ0v) is 11.9. The minimum absolute atomic E-state index is 0.0129. The molecule has 8 heteroatoms. The highest BCUT2D eigenvalue weighted by atomic mass is 16.5. The van der Waals surface area contributed by atoms with Crippen LogP contribution in [0.2, 0.25) is 0 Å². The number of aliphatic hydroxyl groups is 1. The van der Waals surface area contributed by atoms with E-state index in [4.69, 9.17) is 9.84 Å². The van der Waals surface area contributed by atoms with Gasteiger partial charge in [-0.15, -0.1) is 0 Å². The van der Waals surface area contributed by atoms with Crippen LogP contribution in [0.25, 0.3) is 0 Å². The molecular formula is C13H20N2O6. The lowest BCUT2D eigenvalue weighted by Gasteiger charge is -2.30. The van der Waals surface area contributed by atoms with Crippen molar-refractivity contribution in [1.82, 2.24) is 9.80 Å². The zero-order chi connectivity index (χ0) is 15.6. The molecule has 8 nitrogen and oxygen atoms in total. The Labute approximate surface area is 122 Å². The molecule has 0 aliphatic carbocycles. The minimum atomic E-state index is -1.15. The molecule has 0 aromatic rings. The van der Waals surface area contributed by atoms with E-state index >= 15 is 0 Å². The van der Waals surface area contributed by atoms with Gasteiger partial charge < -0.3 is 24.7 Å². The number of carbonyl (C=O) groups excluding carboxylic acids is 2. The molecule has 2 saturated heterocycles. The van der Waals surface area contributed by atoms with Gasteiger partial charge in [-0.3, -0.25) is 0 Å². The van der Waals surface area contributed by atoms with Crippen LogP contribution >= 0.6 is 0 Å². The lowest BCUT2D eigenvalue weighted by molar-refractivity contribution is -0.147. The summed E-state index contributed by atoms with van der Waals surface area (Å²) in [7, 11) is 0. The van der Waals surface area contributed by atoms with Gasteiger partial charge in [-0.1, -0.05) is 0 Å². The summed E-state index contributed by atoms with van der Waals surface area (Å²) in [4.78, 5) is 38.0. The summed E-state index contributed by atoms with van der Waals surface area (Å²) < 4.78 is 4.95. The largest absolute Gasteiger partial charge is 0.480 e. The van der Waals surface area contributed by atoms with Gasteiger partial charge in [0.2, 0.25) is 0 Å². The molecule has 0 spiro atoms. The number of nitrogens with zero attached hydrogens (tertiary/aromatic N) is 2. The predicted octanol–water partition coefficient (Wildman–Crippen LogP) is -0.346. The lowest BCUT2D eigenvalue weighted by Crippen LogP contribution is -2.51. The van der Waals surface area contributed by atoms with E-state index in [1.807, 2.05) is 0 Å². The molecule has 1 unspecified atom stereocenters. The number of urea groups is 1. The van der Waals surface area contributed by atoms with Gasteiger partial charge in [-0.05, 0) is 19.8 Å². The molecule has 2 fully saturated rings. The van der Waals surface area contributed by atoms with Gasteiger partial charge in [-0.25, -0.2) is 14.4 Å². The SMILES string of the molecule is CCOC(=O)C1CCCN1C(=O)N1C[C@@H](O)C[C@H]1C(=O)O. The Balaban J connectivity index is 2.11. The van der Waals surface area contributed by atoms with Gasteiger partial charge in [0.15, 0.2) is 0 Å². The Hall–Kier alpha value is -1.83. The topological polar surface area (TPSA) is 107 Å². The van der Waals surface area contributed by atoms with Gasteiger partial charge in [-0.2, -0.15) is 0 Å². The molecule has 2 N–H and O–H groups in total. The molecule has 3 atom stereocenters. The Morgan fingerprint density at radius 2 is 1.95 bits per heavy atom. The Kier molecular flexibility index (Phi) is 4.66. The molecule has 0 bridgehead atoms. The first-order valence-electron chi connectivity index (χ1n) is 7.10. The van der Waals surface area contributed by atoms with Gasteiger partial charge in [0.05, 0.1) is 12.7 Å². The average Bonchev–Trinajstić information content (AvgIpc) is 3.04. The summed E-state index contributed by atoms with van der Waals surface area (Å²) in [6.45, 7) is 2.29. The fourth-order valence-electron chi connectivity index (χ4n) is 2.90. The summed E-state index contributed by atoms with van der Waals surface area (Å²) in [5.41, 5.74) is 0. The van der Waals surface area contributed by atoms with Crippen molar-refractivity contribution >= 4 is 18.0 Å². The van der Waals surface area contributed by atoms with Crippen molar-refractivity contribution in [3.63, 3.8) is 0 Å². The second kappa shape index (κ2) is 6.30. The van der Waals surface area contributed by atoms with E-state index in [0.29, 0.717) is 19.4 Å². The standard InChI is InChI=1S/C13H20N2O6/c1-2-21-12(19)9-4-3-5-14(9)13(20)15-7-8(16)6-10(15)11(17)18/h8-10,16H,2-7H2,1H3,(H,17,18)/t8-,9?,10-/m0/s1. The number of amides is 2. The van der Waals surface area contributed by atoms with E-state index in [0.717, 1.165) is 4.90 Å². The number of hydrogen-bond acceptors (Lipinski definition) is 5. The van der Waals surface area contributed by atoms with Crippen LogP contribution in [0.5, 0.6) is 0 Å². The second-order valence-electron chi connectivity index (χ2n) is 5.28. The molecular weight excluding hydrogens is 280 g/mol. The number of aliphatic carboxylic acids is 1. The van der Waals surface area contributed by atoms with E-state index in [2.05, 4.69) is 0 Å². The molecule has 0 aromatic carbocycles. The first kappa shape index (κ1) is 15.6. The normalized spacial score (nSPS) is 28.8. The van der Waals surface area contributed by atoms with Crippen LogP contribution < -0.4 is 0 Å². The van der Waals surface area contributed by atoms with E-state index < -0.39 is 36.2 Å². The smallest absolute Gasteiger partial charge is 0.328 e. The number of β-amino-alcohol motifs (C(OH)–C–C–N with tert-alkyl or cyclic N) is 1. The maximum absolute atomic E-state index is 12.5. The average molecular weight is 300 g/mol. The summed E-state index contributed by atoms with van der Waals surface area (Å²) in [6, 6.07) is -2.23. The van der Waals surface area contributed by atoms with Crippen molar-refractivity contribution in [2.45, 2.75) is 44.4 Å². The van der Waals surface area contributed by atoms with Crippen LogP contribution in [-0.2, 0) is 14.3 Å². The van der Waals surface area contributed by atoms with E-state index in [1.54, 1.807) is 6.92 Å². The van der Waals surface area contributed by atoms with Crippen LogP contribution in [0.1, 0.15) is 26.2 Å². The third kappa shape index (κ3) is 3.10. The number of ether oxygens (including phenoxy) is 1. The zero-order valence-electron chi connectivity index (χ0n) is 11.9. The highest BCUT2D eigenvalue weighted by Crippen LogP contribution is 2.25. The maximum Gasteiger partial charge on any atom is 0.328 e. The first-order chi connectivity index (χ1) is 9.95. The van der Waals surface area contributed by atoms with Crippen molar-refractivity contribution in [2.24, 2.45) is 0 Å². The van der Waals surface area contributed by atoms with Gasteiger partial charge in [0.1, 0.15) is 12.1 Å². The van der Waals surface area contributed by atoms with Gasteiger partial charge in [0, 0.05) is 19.5 Å². The molecule has 2 heterocycles. The molecule has 0 aromatic heterocycles. The predicted molar refractivity (Wildman–Crippen MR) is 70.5 cm³/mol. The quantitative estimate of drug-likeness (QED) is 0.690. The molecule has 2 aliphatic rings. The van der Waals surface area contributed by atoms with Crippen molar-refractivity contribution < 1.29 is 29.3 Å². The number of carboxylic acids is 1. The van der Waals surface area contributed by atoms with Crippen LogP contribution in [0.15, 0.2) is 0 Å². The molecule has 2 amide bonds. The summed E-state index contributed by atoms with van der Waals surface area (Å²) in [5, 5.41) is 18.7. The van der Waals surface area contributed by atoms with E-state index in [9.17, 15) is 19.5 Å². The Morgan fingerprint density at radius 3 is 2.57 bits per heavy atom. The number of rotatable bonds is 3. The van der Waals surface area contributed by atoms with E-state index in [1.165, 1.54) is 4.90 Å². The number of esters is 1. The molecule has 0 radical (unpaired) electrons. The number of hydrogen-bond donors (Lipinski definition) is 2. The van der Waals surface area contributed by atoms with E-state index in [-0.39, 0.29) is 19.6 Å². The Bertz CT molecular complexity index is 440. The third-order valence-corrected chi connectivity index (χ3v) is 3.87. The van der Waals surface area contributed by atoms with Crippen LogP contribution in [0.4, 0.5) is 4.79 Å². The molecule has 118 valence electrons. The number of aliphatic hydroxyl groups excluding tert-OH is 1. The van der Waals surface area contributed by atoms with Crippen molar-refractivity contribution in [1.29, 1.82) is 0 Å². The van der Waals surface area contributed by atoms with Crippen molar-refractivity contribution in [3.05, 3.63) is 0 Å². The number of likely N-dealkylation sites (tertiary alicyclic amines) is 2. The van der Waals surface area contributed by atoms with Crippen LogP contribution in [-0.4, -0.2) is 75.9 Å². The number of carbonyl (C=O) groups is 3. The third-order valence-electron chi connectivity index (χ3n) is 3.87. The lowest BCUT2D eigenvalue weighted by atomic mass is 10.2. The van der Waals surface area contributed by atoms with Crippen molar-refractivity contribution in [3.8, 4) is 0 Å². The molecule has 2 rings (SSSR count). The Morgan fingerprint density at radius 1 is 1.24 bits per heavy atom. The van der Waals surface area contributed by atoms with Crippen molar-refractivity contribution in [2.75, 3.05) is 19.7 Å².